The van der Waals surface area contributed by atoms with Gasteiger partial charge in [0.25, 0.3) is 0 Å². The first-order chi connectivity index (χ1) is 14.3. The fourth-order valence-electron chi connectivity index (χ4n) is 3.81. The zero-order valence-corrected chi connectivity index (χ0v) is 17.4. The second kappa shape index (κ2) is 8.26. The van der Waals surface area contributed by atoms with Crippen LogP contribution < -0.4 is 4.74 Å². The molecule has 0 spiro atoms. The standard InChI is InChI=1S/C21H23F3N2O3S/c1-13-10-26-19(30-13)20(4-6-28-7-5-20)9-17(27)16-8-18(29-12-21(22,23)24)15(11-25-16)14-2-3-14/h8,10-11,14H,2-7,9,12H2,1H3. The predicted octanol–water partition coefficient (Wildman–Crippen LogP) is 4.99. The third kappa shape index (κ3) is 4.83. The van der Waals surface area contributed by atoms with Crippen LogP contribution in [-0.4, -0.2) is 41.7 Å². The number of ether oxygens (including phenoxy) is 2. The lowest BCUT2D eigenvalue weighted by molar-refractivity contribution is -0.153. The van der Waals surface area contributed by atoms with Crippen LogP contribution in [0.25, 0.3) is 0 Å². The fourth-order valence-corrected chi connectivity index (χ4v) is 4.82. The van der Waals surface area contributed by atoms with Gasteiger partial charge in [0.15, 0.2) is 12.4 Å². The molecule has 0 aromatic carbocycles. The number of Topliss-reactive ketones (excluding diaryl/α,β-unsaturated/α-hetero) is 1. The Hall–Kier alpha value is -2.00. The van der Waals surface area contributed by atoms with Gasteiger partial charge < -0.3 is 9.47 Å². The number of hydrogen-bond donors (Lipinski definition) is 0. The first kappa shape index (κ1) is 21.2. The number of rotatable bonds is 7. The lowest BCUT2D eigenvalue weighted by Gasteiger charge is -2.34. The van der Waals surface area contributed by atoms with Gasteiger partial charge in [0, 0.05) is 54.0 Å². The Morgan fingerprint density at radius 1 is 1.27 bits per heavy atom. The Bertz CT molecular complexity index is 918. The largest absolute Gasteiger partial charge is 0.484 e. The van der Waals surface area contributed by atoms with Gasteiger partial charge in [-0.25, -0.2) is 4.98 Å². The van der Waals surface area contributed by atoms with E-state index in [2.05, 4.69) is 9.97 Å². The number of ketones is 1. The zero-order valence-electron chi connectivity index (χ0n) is 16.6. The molecule has 30 heavy (non-hydrogen) atoms. The summed E-state index contributed by atoms with van der Waals surface area (Å²) in [6.07, 6.45) is 2.18. The molecule has 9 heteroatoms. The quantitative estimate of drug-likeness (QED) is 0.568. The fraction of sp³-hybridized carbons (Fsp3) is 0.571. The van der Waals surface area contributed by atoms with Crippen LogP contribution in [0, 0.1) is 6.92 Å². The smallest absolute Gasteiger partial charge is 0.422 e. The molecular formula is C21H23F3N2O3S. The summed E-state index contributed by atoms with van der Waals surface area (Å²) in [6.45, 7) is 1.67. The van der Waals surface area contributed by atoms with Crippen molar-refractivity contribution < 1.29 is 27.4 Å². The highest BCUT2D eigenvalue weighted by Gasteiger charge is 2.40. The Kier molecular flexibility index (Phi) is 5.85. The molecule has 1 saturated heterocycles. The van der Waals surface area contributed by atoms with E-state index in [0.29, 0.717) is 31.6 Å². The summed E-state index contributed by atoms with van der Waals surface area (Å²) < 4.78 is 48.6. The van der Waals surface area contributed by atoms with Gasteiger partial charge in [-0.2, -0.15) is 13.2 Å². The molecule has 1 aliphatic heterocycles. The van der Waals surface area contributed by atoms with Gasteiger partial charge in [-0.15, -0.1) is 11.3 Å². The minimum atomic E-state index is -4.44. The van der Waals surface area contributed by atoms with E-state index >= 15 is 0 Å². The molecule has 0 bridgehead atoms. The summed E-state index contributed by atoms with van der Waals surface area (Å²) in [5.74, 6) is 0.0493. The van der Waals surface area contributed by atoms with E-state index in [9.17, 15) is 18.0 Å². The summed E-state index contributed by atoms with van der Waals surface area (Å²) in [5.41, 5.74) is 0.348. The Balaban J connectivity index is 1.58. The number of hydrogen-bond acceptors (Lipinski definition) is 6. The molecule has 2 aromatic heterocycles. The van der Waals surface area contributed by atoms with E-state index in [1.54, 1.807) is 17.5 Å². The summed E-state index contributed by atoms with van der Waals surface area (Å²) in [5, 5.41) is 0.903. The molecule has 1 aliphatic carbocycles. The van der Waals surface area contributed by atoms with Crippen molar-refractivity contribution in [3.05, 3.63) is 39.6 Å². The van der Waals surface area contributed by atoms with E-state index in [1.807, 2.05) is 6.92 Å². The zero-order chi connectivity index (χ0) is 21.4. The van der Waals surface area contributed by atoms with E-state index < -0.39 is 18.2 Å². The van der Waals surface area contributed by atoms with E-state index in [0.717, 1.165) is 22.7 Å². The minimum absolute atomic E-state index is 0.110. The van der Waals surface area contributed by atoms with Crippen LogP contribution in [-0.2, 0) is 10.2 Å². The molecular weight excluding hydrogens is 417 g/mol. The number of nitrogens with zero attached hydrogens (tertiary/aromatic N) is 2. The van der Waals surface area contributed by atoms with Gasteiger partial charge >= 0.3 is 6.18 Å². The maximum absolute atomic E-state index is 13.1. The number of aryl methyl sites for hydroxylation is 1. The van der Waals surface area contributed by atoms with Gasteiger partial charge in [-0.3, -0.25) is 9.78 Å². The topological polar surface area (TPSA) is 61.3 Å². The molecule has 162 valence electrons. The summed E-state index contributed by atoms with van der Waals surface area (Å²) >= 11 is 1.57. The van der Waals surface area contributed by atoms with Crippen molar-refractivity contribution >= 4 is 17.1 Å². The van der Waals surface area contributed by atoms with E-state index in [4.69, 9.17) is 9.47 Å². The first-order valence-electron chi connectivity index (χ1n) is 9.99. The van der Waals surface area contributed by atoms with E-state index in [1.165, 1.54) is 12.3 Å². The highest BCUT2D eigenvalue weighted by molar-refractivity contribution is 7.11. The molecule has 2 fully saturated rings. The van der Waals surface area contributed by atoms with Crippen LogP contribution in [0.1, 0.15) is 64.0 Å². The molecule has 3 heterocycles. The van der Waals surface area contributed by atoms with Gasteiger partial charge in [-0.05, 0) is 38.5 Å². The van der Waals surface area contributed by atoms with Crippen molar-refractivity contribution in [1.82, 2.24) is 9.97 Å². The Morgan fingerprint density at radius 3 is 2.60 bits per heavy atom. The Morgan fingerprint density at radius 2 is 2.00 bits per heavy atom. The molecule has 0 amide bonds. The molecule has 0 atom stereocenters. The van der Waals surface area contributed by atoms with Crippen molar-refractivity contribution in [3.63, 3.8) is 0 Å². The normalized spacial score (nSPS) is 18.9. The molecule has 0 N–H and O–H groups in total. The third-order valence-corrected chi connectivity index (χ3v) is 6.77. The van der Waals surface area contributed by atoms with Crippen molar-refractivity contribution in [1.29, 1.82) is 0 Å². The van der Waals surface area contributed by atoms with Crippen molar-refractivity contribution in [2.24, 2.45) is 0 Å². The van der Waals surface area contributed by atoms with Gasteiger partial charge in [0.1, 0.15) is 11.4 Å². The van der Waals surface area contributed by atoms with Crippen molar-refractivity contribution in [3.8, 4) is 5.75 Å². The predicted molar refractivity (Wildman–Crippen MR) is 105 cm³/mol. The second-order valence-electron chi connectivity index (χ2n) is 8.05. The lowest BCUT2D eigenvalue weighted by Crippen LogP contribution is -2.36. The van der Waals surface area contributed by atoms with Gasteiger partial charge in [0.05, 0.1) is 5.01 Å². The van der Waals surface area contributed by atoms with Gasteiger partial charge in [-0.1, -0.05) is 0 Å². The third-order valence-electron chi connectivity index (χ3n) is 5.61. The number of pyridine rings is 1. The number of carbonyl (C=O) groups excluding carboxylic acids is 1. The number of thiazole rings is 1. The van der Waals surface area contributed by atoms with Crippen LogP contribution in [0.2, 0.25) is 0 Å². The monoisotopic (exact) mass is 440 g/mol. The summed E-state index contributed by atoms with van der Waals surface area (Å²) in [4.78, 5) is 23.0. The van der Waals surface area contributed by atoms with Crippen LogP contribution in [0.15, 0.2) is 18.5 Å². The summed E-state index contributed by atoms with van der Waals surface area (Å²) in [6, 6.07) is 1.38. The second-order valence-corrected chi connectivity index (χ2v) is 9.29. The maximum atomic E-state index is 13.1. The SMILES string of the molecule is Cc1cnc(C2(CC(=O)c3cc(OCC(F)(F)F)c(C4CC4)cn3)CCOCC2)s1. The van der Waals surface area contributed by atoms with Crippen LogP contribution in [0.3, 0.4) is 0 Å². The number of carbonyl (C=O) groups is 1. The highest BCUT2D eigenvalue weighted by atomic mass is 32.1. The van der Waals surface area contributed by atoms with Crippen LogP contribution >= 0.6 is 11.3 Å². The lowest BCUT2D eigenvalue weighted by atomic mass is 9.76. The number of alkyl halides is 3. The van der Waals surface area contributed by atoms with Gasteiger partial charge in [0.2, 0.25) is 0 Å². The summed E-state index contributed by atoms with van der Waals surface area (Å²) in [7, 11) is 0. The molecule has 1 saturated carbocycles. The number of halogens is 3. The molecule has 4 rings (SSSR count). The Labute approximate surface area is 176 Å². The molecule has 0 radical (unpaired) electrons. The molecule has 0 unspecified atom stereocenters. The molecule has 2 aliphatic rings. The van der Waals surface area contributed by atoms with Crippen molar-refractivity contribution in [2.45, 2.75) is 56.5 Å². The van der Waals surface area contributed by atoms with E-state index in [-0.39, 0.29) is 29.6 Å². The van der Waals surface area contributed by atoms with Crippen LogP contribution in [0.5, 0.6) is 5.75 Å². The average molecular weight is 440 g/mol. The maximum Gasteiger partial charge on any atom is 0.422 e. The number of aromatic nitrogens is 2. The van der Waals surface area contributed by atoms with Crippen LogP contribution in [0.4, 0.5) is 13.2 Å². The highest BCUT2D eigenvalue weighted by Crippen LogP contribution is 2.45. The molecule has 5 nitrogen and oxygen atoms in total. The minimum Gasteiger partial charge on any atom is -0.484 e. The average Bonchev–Trinajstić information content (AvgIpc) is 3.46. The first-order valence-corrected chi connectivity index (χ1v) is 10.8. The van der Waals surface area contributed by atoms with Crippen molar-refractivity contribution in [2.75, 3.05) is 19.8 Å². The molecule has 2 aromatic rings.